The summed E-state index contributed by atoms with van der Waals surface area (Å²) in [6.07, 6.45) is 3.08. The number of anilines is 1. The van der Waals surface area contributed by atoms with E-state index in [4.69, 9.17) is 0 Å². The molecule has 0 radical (unpaired) electrons. The fourth-order valence-corrected chi connectivity index (χ4v) is 2.08. The molecule has 0 fully saturated rings. The van der Waals surface area contributed by atoms with Crippen LogP contribution in [0.2, 0.25) is 0 Å². The Balaban J connectivity index is 2.72. The van der Waals surface area contributed by atoms with Gasteiger partial charge in [0, 0.05) is 24.2 Å². The lowest BCUT2D eigenvalue weighted by Crippen LogP contribution is -2.21. The summed E-state index contributed by atoms with van der Waals surface area (Å²) in [6, 6.07) is 0. The van der Waals surface area contributed by atoms with Crippen molar-refractivity contribution < 1.29 is 0 Å². The average Bonchev–Trinajstić information content (AvgIpc) is 2.55. The largest absolute Gasteiger partial charge is 0.349 e. The molecule has 0 bridgehead atoms. The van der Waals surface area contributed by atoms with Crippen molar-refractivity contribution in [2.45, 2.75) is 27.2 Å². The van der Waals surface area contributed by atoms with Crippen molar-refractivity contribution in [1.82, 2.24) is 4.98 Å². The van der Waals surface area contributed by atoms with Crippen molar-refractivity contribution in [2.24, 2.45) is 0 Å². The van der Waals surface area contributed by atoms with Crippen molar-refractivity contribution in [1.29, 1.82) is 0 Å². The van der Waals surface area contributed by atoms with Gasteiger partial charge in [-0.3, -0.25) is 0 Å². The zero-order valence-corrected chi connectivity index (χ0v) is 8.82. The van der Waals surface area contributed by atoms with E-state index in [2.05, 4.69) is 30.7 Å². The van der Waals surface area contributed by atoms with Gasteiger partial charge in [0.2, 0.25) is 0 Å². The number of thiazole rings is 1. The average molecular weight is 184 g/mol. The minimum atomic E-state index is 1.05. The lowest BCUT2D eigenvalue weighted by atomic mass is 10.4. The molecular formula is C9H16N2S. The third-order valence-corrected chi connectivity index (χ3v) is 3.13. The minimum absolute atomic E-state index is 1.05. The second kappa shape index (κ2) is 4.45. The van der Waals surface area contributed by atoms with Crippen molar-refractivity contribution in [2.75, 3.05) is 18.0 Å². The first-order valence-corrected chi connectivity index (χ1v) is 5.33. The Morgan fingerprint density at radius 2 is 2.00 bits per heavy atom. The fraction of sp³-hybridized carbons (Fsp3) is 0.667. The van der Waals surface area contributed by atoms with E-state index < -0.39 is 0 Å². The molecule has 0 spiro atoms. The molecule has 0 N–H and O–H groups in total. The normalized spacial score (nSPS) is 10.2. The SMILES string of the molecule is CCc1cnc(N(CC)CC)s1. The fourth-order valence-electron chi connectivity index (χ4n) is 1.10. The van der Waals surface area contributed by atoms with Crippen molar-refractivity contribution in [3.05, 3.63) is 11.1 Å². The summed E-state index contributed by atoms with van der Waals surface area (Å²) >= 11 is 1.80. The molecule has 1 aromatic rings. The standard InChI is InChI=1S/C9H16N2S/c1-4-8-7-10-9(12-8)11(5-2)6-3/h7H,4-6H2,1-3H3. The Labute approximate surface area is 78.2 Å². The van der Waals surface area contributed by atoms with Crippen LogP contribution >= 0.6 is 11.3 Å². The van der Waals surface area contributed by atoms with E-state index in [9.17, 15) is 0 Å². The maximum Gasteiger partial charge on any atom is 0.185 e. The predicted molar refractivity (Wildman–Crippen MR) is 55.1 cm³/mol. The molecule has 1 heterocycles. The first kappa shape index (κ1) is 9.52. The van der Waals surface area contributed by atoms with Crippen LogP contribution in [0.3, 0.4) is 0 Å². The Morgan fingerprint density at radius 1 is 1.33 bits per heavy atom. The summed E-state index contributed by atoms with van der Waals surface area (Å²) in [6.45, 7) is 8.59. The van der Waals surface area contributed by atoms with Crippen LogP contribution in [0.15, 0.2) is 6.20 Å². The predicted octanol–water partition coefficient (Wildman–Crippen LogP) is 2.55. The summed E-state index contributed by atoms with van der Waals surface area (Å²) in [4.78, 5) is 8.03. The quantitative estimate of drug-likeness (QED) is 0.715. The van der Waals surface area contributed by atoms with Gasteiger partial charge in [-0.2, -0.15) is 0 Å². The number of aromatic nitrogens is 1. The van der Waals surface area contributed by atoms with Gasteiger partial charge in [-0.05, 0) is 20.3 Å². The first-order valence-electron chi connectivity index (χ1n) is 4.51. The number of hydrogen-bond acceptors (Lipinski definition) is 3. The van der Waals surface area contributed by atoms with Gasteiger partial charge in [-0.1, -0.05) is 6.92 Å². The highest BCUT2D eigenvalue weighted by Gasteiger charge is 2.05. The molecule has 68 valence electrons. The molecule has 1 aromatic heterocycles. The van der Waals surface area contributed by atoms with Crippen LogP contribution in [0.5, 0.6) is 0 Å². The highest BCUT2D eigenvalue weighted by Crippen LogP contribution is 2.22. The molecule has 0 aliphatic heterocycles. The van der Waals surface area contributed by atoms with Crippen LogP contribution < -0.4 is 4.90 Å². The topological polar surface area (TPSA) is 16.1 Å². The van der Waals surface area contributed by atoms with Crippen LogP contribution in [-0.2, 0) is 6.42 Å². The van der Waals surface area contributed by atoms with E-state index in [1.807, 2.05) is 6.20 Å². The second-order valence-corrected chi connectivity index (χ2v) is 3.73. The minimum Gasteiger partial charge on any atom is -0.349 e. The molecule has 0 saturated carbocycles. The van der Waals surface area contributed by atoms with E-state index in [1.54, 1.807) is 11.3 Å². The molecule has 0 saturated heterocycles. The Hall–Kier alpha value is -0.570. The zero-order valence-electron chi connectivity index (χ0n) is 8.00. The second-order valence-electron chi connectivity index (χ2n) is 2.63. The summed E-state index contributed by atoms with van der Waals surface area (Å²) in [5, 5.41) is 1.16. The highest BCUT2D eigenvalue weighted by atomic mass is 32.1. The Bertz CT molecular complexity index is 228. The van der Waals surface area contributed by atoms with Crippen molar-refractivity contribution in [3.63, 3.8) is 0 Å². The molecule has 2 nitrogen and oxygen atoms in total. The van der Waals surface area contributed by atoms with Gasteiger partial charge in [0.1, 0.15) is 0 Å². The van der Waals surface area contributed by atoms with Gasteiger partial charge in [-0.15, -0.1) is 11.3 Å². The maximum atomic E-state index is 4.37. The van der Waals surface area contributed by atoms with Gasteiger partial charge in [0.05, 0.1) is 0 Å². The summed E-state index contributed by atoms with van der Waals surface area (Å²) < 4.78 is 0. The van der Waals surface area contributed by atoms with E-state index in [0.29, 0.717) is 0 Å². The molecule has 0 atom stereocenters. The van der Waals surface area contributed by atoms with Crippen LogP contribution in [0.25, 0.3) is 0 Å². The Morgan fingerprint density at radius 3 is 2.42 bits per heavy atom. The lowest BCUT2D eigenvalue weighted by Gasteiger charge is -2.16. The molecule has 0 aromatic carbocycles. The molecule has 0 aliphatic rings. The van der Waals surface area contributed by atoms with Crippen LogP contribution in [0.4, 0.5) is 5.13 Å². The third-order valence-electron chi connectivity index (χ3n) is 1.92. The van der Waals surface area contributed by atoms with Crippen LogP contribution in [0.1, 0.15) is 25.6 Å². The third kappa shape index (κ3) is 1.97. The van der Waals surface area contributed by atoms with Crippen LogP contribution in [0, 0.1) is 0 Å². The molecule has 0 unspecified atom stereocenters. The summed E-state index contributed by atoms with van der Waals surface area (Å²) in [5.41, 5.74) is 0. The van der Waals surface area contributed by atoms with Gasteiger partial charge < -0.3 is 4.90 Å². The number of aryl methyl sites for hydroxylation is 1. The molecule has 0 aliphatic carbocycles. The van der Waals surface area contributed by atoms with E-state index in [0.717, 1.165) is 24.6 Å². The Kier molecular flexibility index (Phi) is 3.53. The summed E-state index contributed by atoms with van der Waals surface area (Å²) in [5.74, 6) is 0. The maximum absolute atomic E-state index is 4.37. The van der Waals surface area contributed by atoms with Gasteiger partial charge in [-0.25, -0.2) is 4.98 Å². The number of nitrogens with zero attached hydrogens (tertiary/aromatic N) is 2. The summed E-state index contributed by atoms with van der Waals surface area (Å²) in [7, 11) is 0. The van der Waals surface area contributed by atoms with Crippen molar-refractivity contribution in [3.8, 4) is 0 Å². The number of hydrogen-bond donors (Lipinski definition) is 0. The van der Waals surface area contributed by atoms with Gasteiger partial charge >= 0.3 is 0 Å². The molecule has 1 rings (SSSR count). The highest BCUT2D eigenvalue weighted by molar-refractivity contribution is 7.15. The first-order chi connectivity index (χ1) is 5.81. The monoisotopic (exact) mass is 184 g/mol. The molecule has 12 heavy (non-hydrogen) atoms. The van der Waals surface area contributed by atoms with Gasteiger partial charge in [0.15, 0.2) is 5.13 Å². The van der Waals surface area contributed by atoms with Gasteiger partial charge in [0.25, 0.3) is 0 Å². The smallest absolute Gasteiger partial charge is 0.185 e. The van der Waals surface area contributed by atoms with E-state index in [1.165, 1.54) is 4.88 Å². The zero-order chi connectivity index (χ0) is 8.97. The van der Waals surface area contributed by atoms with Crippen LogP contribution in [-0.4, -0.2) is 18.1 Å². The molecular weight excluding hydrogens is 168 g/mol. The molecule has 0 amide bonds. The van der Waals surface area contributed by atoms with E-state index >= 15 is 0 Å². The molecule has 3 heteroatoms. The van der Waals surface area contributed by atoms with E-state index in [-0.39, 0.29) is 0 Å². The number of rotatable bonds is 4. The van der Waals surface area contributed by atoms with Crippen molar-refractivity contribution >= 4 is 16.5 Å². The lowest BCUT2D eigenvalue weighted by molar-refractivity contribution is 0.860.